The molecule has 3 rings (SSSR count). The number of aromatic amines is 1. The fraction of sp³-hybridized carbons (Fsp3) is 0.357. The molecule has 1 aliphatic rings. The van der Waals surface area contributed by atoms with Crippen LogP contribution in [-0.4, -0.2) is 25.0 Å². The van der Waals surface area contributed by atoms with Crippen LogP contribution in [0, 0.1) is 0 Å². The minimum atomic E-state index is -3.62. The van der Waals surface area contributed by atoms with Gasteiger partial charge < -0.3 is 9.72 Å². The number of ether oxygens (including phenoxy) is 1. The zero-order valence-electron chi connectivity index (χ0n) is 11.7. The van der Waals surface area contributed by atoms with E-state index in [0.717, 1.165) is 11.3 Å². The van der Waals surface area contributed by atoms with Gasteiger partial charge in [-0.2, -0.15) is 0 Å². The van der Waals surface area contributed by atoms with Gasteiger partial charge in [0, 0.05) is 18.4 Å². The highest BCUT2D eigenvalue weighted by molar-refractivity contribution is 7.89. The topological polar surface area (TPSA) is 84.1 Å². The zero-order chi connectivity index (χ0) is 14.9. The van der Waals surface area contributed by atoms with Crippen LogP contribution in [0.25, 0.3) is 0 Å². The van der Waals surface area contributed by atoms with Crippen LogP contribution in [0.5, 0.6) is 5.75 Å². The molecule has 2 heterocycles. The van der Waals surface area contributed by atoms with E-state index < -0.39 is 10.0 Å². The number of aryl methyl sites for hydroxylation is 1. The van der Waals surface area contributed by atoms with E-state index in [1.165, 1.54) is 6.20 Å². The summed E-state index contributed by atoms with van der Waals surface area (Å²) < 4.78 is 33.1. The first-order valence-electron chi connectivity index (χ1n) is 6.88. The molecule has 112 valence electrons. The summed E-state index contributed by atoms with van der Waals surface area (Å²) in [6, 6.07) is 7.19. The first kappa shape index (κ1) is 14.1. The molecule has 0 saturated heterocycles. The molecule has 1 atom stereocenters. The lowest BCUT2D eigenvalue weighted by Crippen LogP contribution is -2.32. The lowest BCUT2D eigenvalue weighted by Gasteiger charge is -2.26. The monoisotopic (exact) mass is 307 g/mol. The summed E-state index contributed by atoms with van der Waals surface area (Å²) in [5, 5.41) is 0.100. The molecule has 6 nitrogen and oxygen atoms in total. The molecule has 0 saturated carbocycles. The summed E-state index contributed by atoms with van der Waals surface area (Å²) in [5.74, 6) is 1.39. The molecular weight excluding hydrogens is 290 g/mol. The fourth-order valence-corrected chi connectivity index (χ4v) is 3.56. The largest absolute Gasteiger partial charge is 0.493 e. The van der Waals surface area contributed by atoms with Crippen LogP contribution in [0.1, 0.15) is 30.8 Å². The third-order valence-corrected chi connectivity index (χ3v) is 4.87. The van der Waals surface area contributed by atoms with E-state index in [4.69, 9.17) is 4.74 Å². The minimum absolute atomic E-state index is 0.100. The number of nitrogens with one attached hydrogen (secondary N) is 2. The maximum absolute atomic E-state index is 12.4. The second kappa shape index (κ2) is 5.50. The third kappa shape index (κ3) is 2.79. The maximum atomic E-state index is 12.4. The van der Waals surface area contributed by atoms with Gasteiger partial charge >= 0.3 is 0 Å². The highest BCUT2D eigenvalue weighted by Gasteiger charge is 2.27. The standard InChI is InChI=1S/C14H17N3O3S/c1-2-13-15-9-14(16-13)21(18,19)17-11-7-8-20-12-6-4-3-5-10(11)12/h3-6,9,11,17H,2,7-8H2,1H3,(H,15,16). The van der Waals surface area contributed by atoms with Crippen LogP contribution < -0.4 is 9.46 Å². The van der Waals surface area contributed by atoms with E-state index in [1.807, 2.05) is 31.2 Å². The summed E-state index contributed by atoms with van der Waals surface area (Å²) in [5.41, 5.74) is 0.863. The number of H-pyrrole nitrogens is 1. The molecule has 7 heteroatoms. The Balaban J connectivity index is 1.86. The number of benzene rings is 1. The SMILES string of the molecule is CCc1ncc(S(=O)(=O)NC2CCOc3ccccc32)[nH]1. The Bertz CT molecular complexity index is 739. The number of fused-ring (bicyclic) bond motifs is 1. The Morgan fingerprint density at radius 1 is 1.43 bits per heavy atom. The number of imidazole rings is 1. The van der Waals surface area contributed by atoms with E-state index in [1.54, 1.807) is 0 Å². The van der Waals surface area contributed by atoms with Crippen LogP contribution in [-0.2, 0) is 16.4 Å². The molecule has 2 aromatic rings. The summed E-state index contributed by atoms with van der Waals surface area (Å²) in [6.07, 6.45) is 2.62. The van der Waals surface area contributed by atoms with Crippen molar-refractivity contribution < 1.29 is 13.2 Å². The average Bonchev–Trinajstić information content (AvgIpc) is 2.97. The summed E-state index contributed by atoms with van der Waals surface area (Å²) in [7, 11) is -3.62. The van der Waals surface area contributed by atoms with Gasteiger partial charge in [-0.05, 0) is 6.07 Å². The number of hydrogen-bond donors (Lipinski definition) is 2. The van der Waals surface area contributed by atoms with Crippen molar-refractivity contribution in [3.8, 4) is 5.75 Å². The Hall–Kier alpha value is -1.86. The number of hydrogen-bond acceptors (Lipinski definition) is 4. The number of aromatic nitrogens is 2. The Morgan fingerprint density at radius 3 is 3.00 bits per heavy atom. The van der Waals surface area contributed by atoms with Crippen molar-refractivity contribution in [2.45, 2.75) is 30.8 Å². The first-order valence-corrected chi connectivity index (χ1v) is 8.36. The van der Waals surface area contributed by atoms with Crippen molar-refractivity contribution in [2.75, 3.05) is 6.61 Å². The molecule has 2 N–H and O–H groups in total. The van der Waals surface area contributed by atoms with Crippen molar-refractivity contribution in [3.63, 3.8) is 0 Å². The quantitative estimate of drug-likeness (QED) is 0.901. The summed E-state index contributed by atoms with van der Waals surface area (Å²) in [4.78, 5) is 6.86. The van der Waals surface area contributed by atoms with E-state index in [0.29, 0.717) is 25.3 Å². The molecule has 0 spiro atoms. The lowest BCUT2D eigenvalue weighted by molar-refractivity contribution is 0.263. The number of nitrogens with zero attached hydrogens (tertiary/aromatic N) is 1. The van der Waals surface area contributed by atoms with E-state index in [2.05, 4.69) is 14.7 Å². The van der Waals surface area contributed by atoms with E-state index >= 15 is 0 Å². The molecule has 0 amide bonds. The van der Waals surface area contributed by atoms with Crippen LogP contribution in [0.2, 0.25) is 0 Å². The molecule has 0 bridgehead atoms. The summed E-state index contributed by atoms with van der Waals surface area (Å²) in [6.45, 7) is 2.41. The van der Waals surface area contributed by atoms with Crippen LogP contribution in [0.3, 0.4) is 0 Å². The van der Waals surface area contributed by atoms with Gasteiger partial charge in [-0.3, -0.25) is 0 Å². The van der Waals surface area contributed by atoms with Crippen molar-refractivity contribution in [1.82, 2.24) is 14.7 Å². The highest BCUT2D eigenvalue weighted by atomic mass is 32.2. The van der Waals surface area contributed by atoms with Gasteiger partial charge in [-0.1, -0.05) is 25.1 Å². The zero-order valence-corrected chi connectivity index (χ0v) is 12.5. The van der Waals surface area contributed by atoms with Crippen molar-refractivity contribution in [3.05, 3.63) is 41.9 Å². The smallest absolute Gasteiger partial charge is 0.258 e. The molecule has 1 unspecified atom stereocenters. The Morgan fingerprint density at radius 2 is 2.24 bits per heavy atom. The van der Waals surface area contributed by atoms with Crippen molar-refractivity contribution in [2.24, 2.45) is 0 Å². The highest BCUT2D eigenvalue weighted by Crippen LogP contribution is 2.32. The van der Waals surface area contributed by atoms with Crippen LogP contribution >= 0.6 is 0 Å². The van der Waals surface area contributed by atoms with Crippen molar-refractivity contribution >= 4 is 10.0 Å². The predicted octanol–water partition coefficient (Wildman–Crippen LogP) is 1.77. The Kier molecular flexibility index (Phi) is 3.69. The Labute approximate surface area is 123 Å². The molecule has 1 aliphatic heterocycles. The van der Waals surface area contributed by atoms with Gasteiger partial charge in [0.25, 0.3) is 10.0 Å². The fourth-order valence-electron chi connectivity index (χ4n) is 2.37. The first-order chi connectivity index (χ1) is 10.1. The van der Waals surface area contributed by atoms with Crippen molar-refractivity contribution in [1.29, 1.82) is 0 Å². The molecular formula is C14H17N3O3S. The third-order valence-electron chi connectivity index (χ3n) is 3.49. The van der Waals surface area contributed by atoms with Crippen LogP contribution in [0.15, 0.2) is 35.5 Å². The molecule has 0 radical (unpaired) electrons. The molecule has 0 fully saturated rings. The molecule has 21 heavy (non-hydrogen) atoms. The van der Waals surface area contributed by atoms with E-state index in [9.17, 15) is 8.42 Å². The lowest BCUT2D eigenvalue weighted by atomic mass is 10.0. The number of rotatable bonds is 4. The van der Waals surface area contributed by atoms with Gasteiger partial charge in [-0.25, -0.2) is 18.1 Å². The van der Waals surface area contributed by atoms with E-state index in [-0.39, 0.29) is 11.1 Å². The second-order valence-corrected chi connectivity index (χ2v) is 6.58. The van der Waals surface area contributed by atoms with Gasteiger partial charge in [-0.15, -0.1) is 0 Å². The second-order valence-electron chi connectivity index (χ2n) is 4.90. The molecule has 0 aliphatic carbocycles. The number of sulfonamides is 1. The van der Waals surface area contributed by atoms with Gasteiger partial charge in [0.2, 0.25) is 0 Å². The molecule has 1 aromatic heterocycles. The summed E-state index contributed by atoms with van der Waals surface area (Å²) >= 11 is 0. The van der Waals surface area contributed by atoms with Gasteiger partial charge in [0.15, 0.2) is 5.03 Å². The van der Waals surface area contributed by atoms with Gasteiger partial charge in [0.05, 0.1) is 18.8 Å². The normalized spacial score (nSPS) is 18.0. The minimum Gasteiger partial charge on any atom is -0.493 e. The predicted molar refractivity (Wildman–Crippen MR) is 77.6 cm³/mol. The van der Waals surface area contributed by atoms with Gasteiger partial charge in [0.1, 0.15) is 11.6 Å². The maximum Gasteiger partial charge on any atom is 0.258 e. The number of para-hydroxylation sites is 1. The average molecular weight is 307 g/mol. The van der Waals surface area contributed by atoms with Crippen LogP contribution in [0.4, 0.5) is 0 Å². The molecule has 1 aromatic carbocycles.